The van der Waals surface area contributed by atoms with E-state index in [1.807, 2.05) is 36.4 Å². The molecule has 2 heteroatoms. The second-order valence-corrected chi connectivity index (χ2v) is 13.4. The molecule has 0 saturated heterocycles. The molecule has 1 heterocycles. The van der Waals surface area contributed by atoms with Gasteiger partial charge in [0, 0.05) is 17.5 Å². The molecule has 0 amide bonds. The number of benzene rings is 6. The summed E-state index contributed by atoms with van der Waals surface area (Å²) >= 11 is 0. The van der Waals surface area contributed by atoms with Crippen LogP contribution in [0, 0.1) is 0 Å². The van der Waals surface area contributed by atoms with Crippen molar-refractivity contribution in [1.29, 1.82) is 0 Å². The predicted molar refractivity (Wildman–Crippen MR) is 204 cm³/mol. The molecule has 1 unspecified atom stereocenters. The van der Waals surface area contributed by atoms with E-state index in [9.17, 15) is 0 Å². The quantitative estimate of drug-likeness (QED) is 0.174. The lowest BCUT2D eigenvalue weighted by Crippen LogP contribution is -2.11. The fourth-order valence-corrected chi connectivity index (χ4v) is 7.94. The van der Waals surface area contributed by atoms with Gasteiger partial charge in [-0.15, -0.1) is 0 Å². The zero-order valence-corrected chi connectivity index (χ0v) is 27.7. The van der Waals surface area contributed by atoms with Gasteiger partial charge in [0.05, 0.1) is 5.71 Å². The molecule has 3 aliphatic rings. The van der Waals surface area contributed by atoms with Crippen LogP contribution in [0.2, 0.25) is 0 Å². The van der Waals surface area contributed by atoms with Crippen molar-refractivity contribution in [2.75, 3.05) is 0 Å². The summed E-state index contributed by atoms with van der Waals surface area (Å²) in [5, 5.41) is 0. The van der Waals surface area contributed by atoms with Gasteiger partial charge in [0.25, 0.3) is 0 Å². The third-order valence-corrected chi connectivity index (χ3v) is 10.3. The van der Waals surface area contributed by atoms with Gasteiger partial charge >= 0.3 is 0 Å². The number of rotatable bonds is 4. The number of amidine groups is 1. The number of hydrogen-bond acceptors (Lipinski definition) is 2. The molecule has 0 aromatic heterocycles. The molecule has 234 valence electrons. The van der Waals surface area contributed by atoms with Crippen molar-refractivity contribution in [2.24, 2.45) is 9.98 Å². The topological polar surface area (TPSA) is 24.7 Å². The van der Waals surface area contributed by atoms with Crippen molar-refractivity contribution >= 4 is 17.2 Å². The third-order valence-electron chi connectivity index (χ3n) is 10.3. The maximum atomic E-state index is 5.22. The molecule has 49 heavy (non-hydrogen) atoms. The second kappa shape index (κ2) is 12.3. The minimum absolute atomic E-state index is 0.482. The van der Waals surface area contributed by atoms with E-state index in [4.69, 9.17) is 9.98 Å². The highest BCUT2D eigenvalue weighted by Crippen LogP contribution is 2.45. The fraction of sp³-hybridized carbons (Fsp3) is 0.128. The lowest BCUT2D eigenvalue weighted by Gasteiger charge is -2.28. The summed E-state index contributed by atoms with van der Waals surface area (Å²) in [5.74, 6) is 1.20. The van der Waals surface area contributed by atoms with Gasteiger partial charge in [0.2, 0.25) is 0 Å². The normalized spacial score (nSPS) is 16.1. The number of nitrogens with zero attached hydrogens (tertiary/aromatic N) is 2. The van der Waals surface area contributed by atoms with Crippen LogP contribution in [-0.4, -0.2) is 11.5 Å². The third kappa shape index (κ3) is 5.41. The van der Waals surface area contributed by atoms with Crippen molar-refractivity contribution in [1.82, 2.24) is 0 Å². The van der Waals surface area contributed by atoms with Crippen LogP contribution in [0.25, 0.3) is 39.1 Å². The van der Waals surface area contributed by atoms with Gasteiger partial charge in [0.15, 0.2) is 5.84 Å². The standard InChI is InChI=1S/C47H36N2/c1-31-28-34-16-8-9-17-39(34)43-19-10-18-42(46(31)43)37-24-26-40-35(29-37)22-23-36-30-38(25-27-41(36)40)45-21-11-20-44(32-12-4-2-5-13-32)48-47(49-45)33-14-6-3-7-15-33/h2-19,24-27,29-31H,21-23,28H2,1H3. The smallest absolute Gasteiger partial charge is 0.160 e. The first-order valence-electron chi connectivity index (χ1n) is 17.4. The van der Waals surface area contributed by atoms with Crippen LogP contribution in [0.15, 0.2) is 161 Å². The average Bonchev–Trinajstić information content (AvgIpc) is 3.15. The molecule has 0 radical (unpaired) electrons. The van der Waals surface area contributed by atoms with Crippen LogP contribution in [0.3, 0.4) is 0 Å². The van der Waals surface area contributed by atoms with E-state index in [0.717, 1.165) is 47.4 Å². The second-order valence-electron chi connectivity index (χ2n) is 13.4. The first kappa shape index (κ1) is 29.3. The predicted octanol–water partition coefficient (Wildman–Crippen LogP) is 11.3. The van der Waals surface area contributed by atoms with E-state index in [1.165, 1.54) is 55.6 Å². The van der Waals surface area contributed by atoms with Crippen LogP contribution in [0.4, 0.5) is 0 Å². The molecule has 0 spiro atoms. The fourth-order valence-electron chi connectivity index (χ4n) is 7.94. The Hall–Kier alpha value is -5.82. The SMILES string of the molecule is CC1Cc2ccccc2-c2cccc(-c3ccc4c(c3)CCc3cc(C5=NC(c6ccccc6)=NC(c6ccccc6)=C=CC5)ccc3-4)c21. The largest absolute Gasteiger partial charge is 0.232 e. The van der Waals surface area contributed by atoms with Crippen LogP contribution in [-0.2, 0) is 19.3 Å². The molecule has 2 aliphatic carbocycles. The van der Waals surface area contributed by atoms with Crippen LogP contribution < -0.4 is 0 Å². The van der Waals surface area contributed by atoms with E-state index < -0.39 is 0 Å². The van der Waals surface area contributed by atoms with Crippen molar-refractivity contribution in [3.63, 3.8) is 0 Å². The Morgan fingerprint density at radius 1 is 0.510 bits per heavy atom. The molecule has 0 bridgehead atoms. The first-order valence-corrected chi connectivity index (χ1v) is 17.4. The Morgan fingerprint density at radius 3 is 1.90 bits per heavy atom. The summed E-state index contributed by atoms with van der Waals surface area (Å²) < 4.78 is 0. The number of fused-ring (bicyclic) bond motifs is 6. The van der Waals surface area contributed by atoms with E-state index >= 15 is 0 Å². The van der Waals surface area contributed by atoms with Gasteiger partial charge in [0.1, 0.15) is 5.70 Å². The summed E-state index contributed by atoms with van der Waals surface area (Å²) in [6.45, 7) is 2.38. The van der Waals surface area contributed by atoms with Crippen LogP contribution >= 0.6 is 0 Å². The Balaban J connectivity index is 1.06. The van der Waals surface area contributed by atoms with Gasteiger partial charge in [-0.2, -0.15) is 0 Å². The Bertz CT molecular complexity index is 2370. The van der Waals surface area contributed by atoms with Gasteiger partial charge in [-0.3, -0.25) is 0 Å². The molecular weight excluding hydrogens is 593 g/mol. The number of aliphatic imine (C=N–C) groups is 2. The van der Waals surface area contributed by atoms with Crippen LogP contribution in [0.5, 0.6) is 0 Å². The molecular formula is C47H36N2. The van der Waals surface area contributed by atoms with Gasteiger partial charge in [-0.05, 0) is 98.5 Å². The molecule has 0 saturated carbocycles. The Morgan fingerprint density at radius 2 is 1.12 bits per heavy atom. The highest BCUT2D eigenvalue weighted by atomic mass is 14.9. The first-order chi connectivity index (χ1) is 24.2. The Kier molecular flexibility index (Phi) is 7.38. The molecule has 6 aromatic rings. The molecule has 2 nitrogen and oxygen atoms in total. The monoisotopic (exact) mass is 628 g/mol. The van der Waals surface area contributed by atoms with Gasteiger partial charge < -0.3 is 0 Å². The maximum absolute atomic E-state index is 5.22. The van der Waals surface area contributed by atoms with Gasteiger partial charge in [-0.1, -0.05) is 146 Å². The minimum atomic E-state index is 0.482. The lowest BCUT2D eigenvalue weighted by atomic mass is 9.76. The Labute approximate surface area is 288 Å². The van der Waals surface area contributed by atoms with E-state index in [-0.39, 0.29) is 0 Å². The summed E-state index contributed by atoms with van der Waals surface area (Å²) in [5.41, 5.74) is 22.4. The van der Waals surface area contributed by atoms with Crippen molar-refractivity contribution < 1.29 is 0 Å². The molecule has 1 aliphatic heterocycles. The van der Waals surface area contributed by atoms with E-state index in [1.54, 1.807) is 0 Å². The maximum Gasteiger partial charge on any atom is 0.160 e. The van der Waals surface area contributed by atoms with E-state index in [2.05, 4.69) is 122 Å². The average molecular weight is 629 g/mol. The minimum Gasteiger partial charge on any atom is -0.232 e. The number of hydrogen-bond donors (Lipinski definition) is 0. The number of aryl methyl sites for hydroxylation is 2. The summed E-state index contributed by atoms with van der Waals surface area (Å²) in [6.07, 6.45) is 5.89. The summed E-state index contributed by atoms with van der Waals surface area (Å²) in [4.78, 5) is 10.3. The highest BCUT2D eigenvalue weighted by molar-refractivity contribution is 6.14. The van der Waals surface area contributed by atoms with Crippen LogP contribution in [0.1, 0.15) is 58.2 Å². The van der Waals surface area contributed by atoms with Crippen molar-refractivity contribution in [3.8, 4) is 33.4 Å². The highest BCUT2D eigenvalue weighted by Gasteiger charge is 2.25. The molecule has 1 atom stereocenters. The van der Waals surface area contributed by atoms with Gasteiger partial charge in [-0.25, -0.2) is 9.98 Å². The summed E-state index contributed by atoms with van der Waals surface area (Å²) in [7, 11) is 0. The molecule has 6 aromatic carbocycles. The van der Waals surface area contributed by atoms with Crippen molar-refractivity contribution in [2.45, 2.75) is 38.5 Å². The molecule has 9 rings (SSSR count). The molecule has 0 N–H and O–H groups in total. The summed E-state index contributed by atoms with van der Waals surface area (Å²) in [6, 6.07) is 50.4. The molecule has 0 fully saturated rings. The zero-order chi connectivity index (χ0) is 32.7. The lowest BCUT2D eigenvalue weighted by molar-refractivity contribution is 0.751. The number of allylic oxidation sites excluding steroid dienone is 1. The van der Waals surface area contributed by atoms with E-state index in [0.29, 0.717) is 18.2 Å². The van der Waals surface area contributed by atoms with Crippen molar-refractivity contribution in [3.05, 3.63) is 190 Å². The zero-order valence-electron chi connectivity index (χ0n) is 27.7.